The molecule has 0 N–H and O–H groups in total. The molecule has 1 aliphatic carbocycles. The molecule has 10 aromatic rings. The highest BCUT2D eigenvalue weighted by atomic mass is 15.1. The number of fused-ring (bicyclic) bond motifs is 2. The van der Waals surface area contributed by atoms with Crippen molar-refractivity contribution >= 4 is 27.9 Å². The Labute approximate surface area is 362 Å². The highest BCUT2D eigenvalue weighted by molar-refractivity contribution is 6.05. The highest BCUT2D eigenvalue weighted by Gasteiger charge is 2.25. The summed E-state index contributed by atoms with van der Waals surface area (Å²) < 4.78 is 4.62. The lowest BCUT2D eigenvalue weighted by atomic mass is 9.83. The quantitative estimate of drug-likeness (QED) is 0.145. The van der Waals surface area contributed by atoms with Crippen LogP contribution in [-0.4, -0.2) is 14.0 Å². The lowest BCUT2D eigenvalue weighted by molar-refractivity contribution is 0.628. The summed E-state index contributed by atoms with van der Waals surface area (Å²) in [6, 6.07) is 75.9. The van der Waals surface area contributed by atoms with Crippen molar-refractivity contribution in [3.05, 3.63) is 248 Å². The van der Waals surface area contributed by atoms with Gasteiger partial charge < -0.3 is 9.47 Å². The van der Waals surface area contributed by atoms with Gasteiger partial charge >= 0.3 is 0 Å². The third-order valence-electron chi connectivity index (χ3n) is 12.2. The van der Waals surface area contributed by atoms with Crippen molar-refractivity contribution in [3.8, 4) is 50.6 Å². The minimum atomic E-state index is 0.231. The molecule has 296 valence electrons. The van der Waals surface area contributed by atoms with E-state index in [1.54, 1.807) is 0 Å². The van der Waals surface area contributed by atoms with Crippen LogP contribution in [0.4, 0.5) is 11.4 Å². The molecule has 1 aliphatic rings. The Morgan fingerprint density at radius 1 is 0.500 bits per heavy atom. The second kappa shape index (κ2) is 15.9. The minimum absolute atomic E-state index is 0.231. The van der Waals surface area contributed by atoms with E-state index in [-0.39, 0.29) is 11.8 Å². The van der Waals surface area contributed by atoms with Crippen LogP contribution in [0.3, 0.4) is 0 Å². The fraction of sp³-hybridized carbons (Fsp3) is 0.0517. The Bertz CT molecular complexity index is 3220. The summed E-state index contributed by atoms with van der Waals surface area (Å²) >= 11 is 0. The van der Waals surface area contributed by atoms with E-state index >= 15 is 0 Å². The number of hydrogen-bond donors (Lipinski definition) is 0. The van der Waals surface area contributed by atoms with Crippen LogP contribution >= 0.6 is 0 Å². The summed E-state index contributed by atoms with van der Waals surface area (Å²) in [5, 5.41) is 1.24. The molecule has 3 aromatic heterocycles. The zero-order valence-electron chi connectivity index (χ0n) is 34.5. The van der Waals surface area contributed by atoms with Gasteiger partial charge in [-0.15, -0.1) is 0 Å². The molecule has 0 radical (unpaired) electrons. The average Bonchev–Trinajstić information content (AvgIpc) is 3.90. The number of nitrogens with zero attached hydrogens (tertiary/aromatic N) is 4. The smallest absolute Gasteiger partial charge is 0.137 e. The van der Waals surface area contributed by atoms with E-state index in [4.69, 9.17) is 4.98 Å². The Balaban J connectivity index is 0.924. The lowest BCUT2D eigenvalue weighted by Crippen LogP contribution is -2.20. The molecule has 2 atom stereocenters. The first-order valence-electron chi connectivity index (χ1n) is 21.4. The maximum Gasteiger partial charge on any atom is 0.137 e. The van der Waals surface area contributed by atoms with Gasteiger partial charge in [0.2, 0.25) is 0 Å². The molecule has 2 unspecified atom stereocenters. The first-order valence-corrected chi connectivity index (χ1v) is 21.4. The molecular weight excluding hydrogens is 753 g/mol. The first-order chi connectivity index (χ1) is 30.7. The number of allylic oxidation sites excluding steroid dienone is 3. The van der Waals surface area contributed by atoms with Crippen LogP contribution in [-0.2, 0) is 0 Å². The van der Waals surface area contributed by atoms with Crippen LogP contribution in [0, 0.1) is 5.92 Å². The number of pyridine rings is 1. The second-order valence-electron chi connectivity index (χ2n) is 16.1. The van der Waals surface area contributed by atoms with Gasteiger partial charge in [-0.1, -0.05) is 177 Å². The van der Waals surface area contributed by atoms with Crippen molar-refractivity contribution in [2.45, 2.75) is 12.8 Å². The van der Waals surface area contributed by atoms with Crippen LogP contribution in [0.25, 0.3) is 67.1 Å². The van der Waals surface area contributed by atoms with Crippen LogP contribution in [0.5, 0.6) is 0 Å². The predicted octanol–water partition coefficient (Wildman–Crippen LogP) is 15.0. The largest absolute Gasteiger partial charge is 0.311 e. The maximum atomic E-state index is 5.12. The molecule has 0 bridgehead atoms. The lowest BCUT2D eigenvalue weighted by Gasteiger charge is -2.31. The fourth-order valence-electron chi connectivity index (χ4n) is 9.35. The molecule has 62 heavy (non-hydrogen) atoms. The molecule has 0 fully saturated rings. The fourth-order valence-corrected chi connectivity index (χ4v) is 9.35. The van der Waals surface area contributed by atoms with Crippen molar-refractivity contribution < 1.29 is 0 Å². The van der Waals surface area contributed by atoms with E-state index in [2.05, 4.69) is 251 Å². The van der Waals surface area contributed by atoms with Crippen LogP contribution in [0.1, 0.15) is 18.4 Å². The summed E-state index contributed by atoms with van der Waals surface area (Å²) in [6.45, 7) is 2.34. The Kier molecular flexibility index (Phi) is 9.51. The maximum absolute atomic E-state index is 5.12. The van der Waals surface area contributed by atoms with E-state index in [1.807, 2.05) is 6.07 Å². The van der Waals surface area contributed by atoms with E-state index in [9.17, 15) is 0 Å². The number of imidazole rings is 1. The number of para-hydroxylation sites is 2. The number of aromatic nitrogens is 3. The van der Waals surface area contributed by atoms with Gasteiger partial charge in [0, 0.05) is 57.0 Å². The molecule has 7 aromatic carbocycles. The zero-order chi connectivity index (χ0) is 41.4. The number of hydrogen-bond acceptors (Lipinski definition) is 2. The van der Waals surface area contributed by atoms with Crippen molar-refractivity contribution in [2.75, 3.05) is 4.90 Å². The average molecular weight is 797 g/mol. The van der Waals surface area contributed by atoms with Crippen molar-refractivity contribution in [3.63, 3.8) is 0 Å². The topological polar surface area (TPSA) is 25.5 Å². The summed E-state index contributed by atoms with van der Waals surface area (Å²) in [5.74, 6) is 0.490. The third-order valence-corrected chi connectivity index (χ3v) is 12.2. The number of benzene rings is 7. The minimum Gasteiger partial charge on any atom is -0.311 e. The summed E-state index contributed by atoms with van der Waals surface area (Å²) in [4.78, 5) is 7.49. The molecule has 0 saturated carbocycles. The van der Waals surface area contributed by atoms with Gasteiger partial charge in [0.15, 0.2) is 0 Å². The molecule has 0 saturated heterocycles. The van der Waals surface area contributed by atoms with Gasteiger partial charge in [-0.05, 0) is 83.3 Å². The molecule has 0 aliphatic heterocycles. The van der Waals surface area contributed by atoms with E-state index in [0.29, 0.717) is 0 Å². The van der Waals surface area contributed by atoms with Gasteiger partial charge in [0.25, 0.3) is 0 Å². The monoisotopic (exact) mass is 796 g/mol. The van der Waals surface area contributed by atoms with Crippen molar-refractivity contribution in [2.24, 2.45) is 5.92 Å². The van der Waals surface area contributed by atoms with Crippen LogP contribution in [0.2, 0.25) is 0 Å². The molecule has 4 heteroatoms. The van der Waals surface area contributed by atoms with Crippen molar-refractivity contribution in [1.82, 2.24) is 14.0 Å². The Morgan fingerprint density at radius 3 is 1.76 bits per heavy atom. The molecule has 4 nitrogen and oxygen atoms in total. The SMILES string of the molecule is CC1C=C(N(c2ccccc2)c2ccc(-c3nc4ccccn4c3-c3ccccc3)cc2)C=CC1c1ccc(-n2c(-c3ccccc3)c(-c3ccccc3)c3ccccc32)cc1. The highest BCUT2D eigenvalue weighted by Crippen LogP contribution is 2.44. The van der Waals surface area contributed by atoms with Gasteiger partial charge in [-0.2, -0.15) is 0 Å². The van der Waals surface area contributed by atoms with Gasteiger partial charge in [0.05, 0.1) is 22.6 Å². The van der Waals surface area contributed by atoms with Gasteiger partial charge in [-0.25, -0.2) is 4.98 Å². The summed E-state index contributed by atoms with van der Waals surface area (Å²) in [6.07, 6.45) is 9.20. The molecule has 3 heterocycles. The Hall–Kier alpha value is -7.95. The molecule has 11 rings (SSSR count). The molecule has 0 amide bonds. The zero-order valence-corrected chi connectivity index (χ0v) is 34.5. The van der Waals surface area contributed by atoms with Gasteiger partial charge in [0.1, 0.15) is 5.65 Å². The van der Waals surface area contributed by atoms with Crippen molar-refractivity contribution in [1.29, 1.82) is 0 Å². The molecule has 0 spiro atoms. The van der Waals surface area contributed by atoms with Crippen LogP contribution < -0.4 is 4.90 Å². The Morgan fingerprint density at radius 2 is 1.08 bits per heavy atom. The third kappa shape index (κ3) is 6.63. The van der Waals surface area contributed by atoms with E-state index in [1.165, 1.54) is 38.9 Å². The number of anilines is 2. The van der Waals surface area contributed by atoms with E-state index in [0.717, 1.165) is 50.9 Å². The summed E-state index contributed by atoms with van der Waals surface area (Å²) in [5.41, 5.74) is 17.1. The van der Waals surface area contributed by atoms with E-state index < -0.39 is 0 Å². The van der Waals surface area contributed by atoms with Crippen LogP contribution in [0.15, 0.2) is 242 Å². The number of rotatable bonds is 9. The van der Waals surface area contributed by atoms with Gasteiger partial charge in [-0.3, -0.25) is 4.40 Å². The first kappa shape index (κ1) is 37.1. The predicted molar refractivity (Wildman–Crippen MR) is 258 cm³/mol. The summed E-state index contributed by atoms with van der Waals surface area (Å²) in [7, 11) is 0. The standard InChI is InChI=1S/C58H44N4/c1-41-40-50(61(47-24-12-5-13-25-47)48-35-31-44(32-36-48)56-58(46-22-10-4-11-23-46)60-39-17-16-28-54(60)59-56)37-38-51(41)42-29-33-49(34-30-42)62-53-27-15-14-26-52(53)55(43-18-6-2-7-19-43)57(62)45-20-8-3-9-21-45/h2-41,51H,1H3. The normalized spacial score (nSPS) is 14.9. The molecular formula is C58H44N4. The second-order valence-corrected chi connectivity index (χ2v) is 16.1.